The molecule has 0 radical (unpaired) electrons. The number of carbonyl (C=O) groups is 2. The molecule has 1 unspecified atom stereocenters. The molecule has 1 atom stereocenters. The van der Waals surface area contributed by atoms with Crippen molar-refractivity contribution in [3.63, 3.8) is 0 Å². The highest BCUT2D eigenvalue weighted by atomic mass is 16.2. The fourth-order valence-electron chi connectivity index (χ4n) is 4.53. The Kier molecular flexibility index (Phi) is 4.15. The van der Waals surface area contributed by atoms with Crippen molar-refractivity contribution >= 4 is 22.7 Å². The predicted molar refractivity (Wildman–Crippen MR) is 108 cm³/mol. The number of para-hydroxylation sites is 1. The molecule has 0 aliphatic carbocycles. The van der Waals surface area contributed by atoms with Gasteiger partial charge in [0.25, 0.3) is 5.91 Å². The third-order valence-electron chi connectivity index (χ3n) is 5.96. The molecule has 0 saturated carbocycles. The number of carbonyl (C=O) groups excluding carboxylic acids is 2. The smallest absolute Gasteiger partial charge is 0.254 e. The third kappa shape index (κ3) is 2.87. The standard InChI is InChI=1S/C23H23N3O2/c27-22(15-25-14-17-8-1-3-9-18(17)23(25)28)26-12-6-5-11-21(26)20-13-16-7-2-4-10-19(16)24-20/h1-4,7-10,13,21,24H,5-6,11-12,14-15H2. The molecule has 1 N–H and O–H groups in total. The monoisotopic (exact) mass is 373 g/mol. The molecule has 1 fully saturated rings. The van der Waals surface area contributed by atoms with Crippen LogP contribution in [0.2, 0.25) is 0 Å². The second-order valence-corrected chi connectivity index (χ2v) is 7.73. The summed E-state index contributed by atoms with van der Waals surface area (Å²) < 4.78 is 0. The van der Waals surface area contributed by atoms with Crippen molar-refractivity contribution in [1.29, 1.82) is 0 Å². The van der Waals surface area contributed by atoms with Gasteiger partial charge in [0.05, 0.1) is 6.04 Å². The molecule has 2 aliphatic heterocycles. The molecule has 3 heterocycles. The van der Waals surface area contributed by atoms with E-state index < -0.39 is 0 Å². The van der Waals surface area contributed by atoms with Gasteiger partial charge in [-0.2, -0.15) is 0 Å². The SMILES string of the molecule is O=C1c2ccccc2CN1CC(=O)N1CCCCC1c1cc2ccccc2[nH]1. The second kappa shape index (κ2) is 6.82. The summed E-state index contributed by atoms with van der Waals surface area (Å²) in [7, 11) is 0. The first-order valence-corrected chi connectivity index (χ1v) is 9.95. The van der Waals surface area contributed by atoms with Crippen LogP contribution in [0.4, 0.5) is 0 Å². The van der Waals surface area contributed by atoms with E-state index in [1.54, 1.807) is 4.90 Å². The van der Waals surface area contributed by atoms with E-state index in [-0.39, 0.29) is 24.4 Å². The largest absolute Gasteiger partial charge is 0.357 e. The van der Waals surface area contributed by atoms with Crippen LogP contribution in [0.1, 0.15) is 46.9 Å². The van der Waals surface area contributed by atoms with Gasteiger partial charge >= 0.3 is 0 Å². The lowest BCUT2D eigenvalue weighted by Gasteiger charge is -2.36. The maximum Gasteiger partial charge on any atom is 0.254 e. The molecular formula is C23H23N3O2. The number of H-pyrrole nitrogens is 1. The average Bonchev–Trinajstić information content (AvgIpc) is 3.30. The highest BCUT2D eigenvalue weighted by Crippen LogP contribution is 2.33. The number of aromatic amines is 1. The summed E-state index contributed by atoms with van der Waals surface area (Å²) in [6, 6.07) is 18.0. The minimum absolute atomic E-state index is 0.0320. The summed E-state index contributed by atoms with van der Waals surface area (Å²) in [6.07, 6.45) is 3.07. The molecule has 5 heteroatoms. The molecule has 2 aliphatic rings. The van der Waals surface area contributed by atoms with Crippen LogP contribution >= 0.6 is 0 Å². The summed E-state index contributed by atoms with van der Waals surface area (Å²) in [5.74, 6) is -0.00682. The van der Waals surface area contributed by atoms with Crippen molar-refractivity contribution in [2.75, 3.05) is 13.1 Å². The number of piperidine rings is 1. The zero-order chi connectivity index (χ0) is 19.1. The van der Waals surface area contributed by atoms with E-state index >= 15 is 0 Å². The molecule has 0 spiro atoms. The Bertz CT molecular complexity index is 1020. The number of aromatic nitrogens is 1. The second-order valence-electron chi connectivity index (χ2n) is 7.73. The van der Waals surface area contributed by atoms with Crippen LogP contribution in [0.25, 0.3) is 10.9 Å². The van der Waals surface area contributed by atoms with Crippen molar-refractivity contribution in [2.24, 2.45) is 0 Å². The van der Waals surface area contributed by atoms with E-state index in [9.17, 15) is 9.59 Å². The molecule has 1 saturated heterocycles. The molecule has 3 aromatic rings. The molecule has 5 nitrogen and oxygen atoms in total. The molecule has 142 valence electrons. The van der Waals surface area contributed by atoms with Crippen LogP contribution in [0, 0.1) is 0 Å². The van der Waals surface area contributed by atoms with Gasteiger partial charge in [-0.1, -0.05) is 36.4 Å². The number of rotatable bonds is 3. The van der Waals surface area contributed by atoms with Gasteiger partial charge in [0, 0.05) is 29.9 Å². The predicted octanol–water partition coefficient (Wildman–Crippen LogP) is 3.88. The molecular weight excluding hydrogens is 350 g/mol. The van der Waals surface area contributed by atoms with Crippen molar-refractivity contribution < 1.29 is 9.59 Å². The number of amides is 2. The van der Waals surface area contributed by atoms with E-state index in [4.69, 9.17) is 0 Å². The van der Waals surface area contributed by atoms with Gasteiger partial charge in [-0.3, -0.25) is 9.59 Å². The number of benzene rings is 2. The zero-order valence-electron chi connectivity index (χ0n) is 15.7. The van der Waals surface area contributed by atoms with Gasteiger partial charge in [0.15, 0.2) is 0 Å². The number of hydrogen-bond donors (Lipinski definition) is 1. The van der Waals surface area contributed by atoms with Crippen molar-refractivity contribution in [3.8, 4) is 0 Å². The Balaban J connectivity index is 1.36. The van der Waals surface area contributed by atoms with E-state index in [0.29, 0.717) is 6.54 Å². The van der Waals surface area contributed by atoms with Crippen LogP contribution < -0.4 is 0 Å². The van der Waals surface area contributed by atoms with Gasteiger partial charge in [0.1, 0.15) is 6.54 Å². The molecule has 5 rings (SSSR count). The van der Waals surface area contributed by atoms with E-state index in [0.717, 1.165) is 48.1 Å². The highest BCUT2D eigenvalue weighted by molar-refractivity contribution is 6.00. The van der Waals surface area contributed by atoms with Crippen LogP contribution in [-0.2, 0) is 11.3 Å². The van der Waals surface area contributed by atoms with Crippen LogP contribution in [0.15, 0.2) is 54.6 Å². The van der Waals surface area contributed by atoms with E-state index in [1.165, 1.54) is 5.39 Å². The van der Waals surface area contributed by atoms with E-state index in [1.807, 2.05) is 41.3 Å². The van der Waals surface area contributed by atoms with Gasteiger partial charge in [-0.05, 0) is 48.4 Å². The first-order valence-electron chi connectivity index (χ1n) is 9.95. The summed E-state index contributed by atoms with van der Waals surface area (Å²) in [5.41, 5.74) is 3.91. The molecule has 28 heavy (non-hydrogen) atoms. The fourth-order valence-corrected chi connectivity index (χ4v) is 4.53. The van der Waals surface area contributed by atoms with Gasteiger partial charge in [0.2, 0.25) is 5.91 Å². The van der Waals surface area contributed by atoms with Crippen molar-refractivity contribution in [3.05, 3.63) is 71.4 Å². The lowest BCUT2D eigenvalue weighted by molar-refractivity contribution is -0.135. The fraction of sp³-hybridized carbons (Fsp3) is 0.304. The average molecular weight is 373 g/mol. The van der Waals surface area contributed by atoms with Crippen LogP contribution in [0.5, 0.6) is 0 Å². The Morgan fingerprint density at radius 2 is 1.89 bits per heavy atom. The topological polar surface area (TPSA) is 56.4 Å². The lowest BCUT2D eigenvalue weighted by atomic mass is 9.99. The number of fused-ring (bicyclic) bond motifs is 2. The Morgan fingerprint density at radius 3 is 2.75 bits per heavy atom. The van der Waals surface area contributed by atoms with Crippen molar-refractivity contribution in [1.82, 2.24) is 14.8 Å². The summed E-state index contributed by atoms with van der Waals surface area (Å²) in [5, 5.41) is 1.17. The number of likely N-dealkylation sites (tertiary alicyclic amines) is 1. The first-order chi connectivity index (χ1) is 13.7. The lowest BCUT2D eigenvalue weighted by Crippen LogP contribution is -2.44. The van der Waals surface area contributed by atoms with Gasteiger partial charge < -0.3 is 14.8 Å². The summed E-state index contributed by atoms with van der Waals surface area (Å²) in [4.78, 5) is 32.9. The number of hydrogen-bond acceptors (Lipinski definition) is 2. The Morgan fingerprint density at radius 1 is 1.07 bits per heavy atom. The summed E-state index contributed by atoms with van der Waals surface area (Å²) in [6.45, 7) is 1.41. The number of nitrogens with zero attached hydrogens (tertiary/aromatic N) is 2. The minimum Gasteiger partial charge on any atom is -0.357 e. The minimum atomic E-state index is -0.0388. The Hall–Kier alpha value is -3.08. The van der Waals surface area contributed by atoms with Crippen LogP contribution in [0.3, 0.4) is 0 Å². The highest BCUT2D eigenvalue weighted by Gasteiger charge is 2.33. The quantitative estimate of drug-likeness (QED) is 0.757. The molecule has 1 aromatic heterocycles. The number of nitrogens with one attached hydrogen (secondary N) is 1. The maximum atomic E-state index is 13.2. The van der Waals surface area contributed by atoms with Gasteiger partial charge in [-0.15, -0.1) is 0 Å². The normalized spacial score (nSPS) is 19.3. The maximum absolute atomic E-state index is 13.2. The van der Waals surface area contributed by atoms with Crippen LogP contribution in [-0.4, -0.2) is 39.7 Å². The van der Waals surface area contributed by atoms with Crippen molar-refractivity contribution in [2.45, 2.75) is 31.8 Å². The molecule has 2 amide bonds. The summed E-state index contributed by atoms with van der Waals surface area (Å²) >= 11 is 0. The zero-order valence-corrected chi connectivity index (χ0v) is 15.7. The molecule has 2 aromatic carbocycles. The Labute approximate surface area is 163 Å². The first kappa shape index (κ1) is 17.0. The van der Waals surface area contributed by atoms with Gasteiger partial charge in [-0.25, -0.2) is 0 Å². The van der Waals surface area contributed by atoms with E-state index in [2.05, 4.69) is 23.2 Å². The third-order valence-corrected chi connectivity index (χ3v) is 5.96. The molecule has 0 bridgehead atoms.